The highest BCUT2D eigenvalue weighted by Crippen LogP contribution is 2.61. The molecule has 9 heteroatoms. The minimum atomic E-state index is -3.18. The second-order valence-electron chi connectivity index (χ2n) is 6.27. The van der Waals surface area contributed by atoms with Crippen LogP contribution in [0.5, 0.6) is 0 Å². The summed E-state index contributed by atoms with van der Waals surface area (Å²) in [5, 5.41) is 0. The third kappa shape index (κ3) is 2.46. The largest absolute Gasteiger partial charge is 0.464 e. The third-order valence-electron chi connectivity index (χ3n) is 4.69. The van der Waals surface area contributed by atoms with Crippen LogP contribution in [0.3, 0.4) is 0 Å². The van der Waals surface area contributed by atoms with Crippen molar-refractivity contribution in [1.82, 2.24) is 9.97 Å². The number of nitrogens with two attached hydrogens (primary N) is 1. The van der Waals surface area contributed by atoms with Crippen molar-refractivity contribution >= 4 is 23.0 Å². The molecule has 1 aromatic carbocycles. The number of hydrogen-bond acceptors (Lipinski definition) is 6. The first-order valence-electron chi connectivity index (χ1n) is 7.92. The number of rotatable bonds is 4. The van der Waals surface area contributed by atoms with Crippen molar-refractivity contribution in [3.8, 4) is 11.5 Å². The van der Waals surface area contributed by atoms with Crippen molar-refractivity contribution in [1.29, 1.82) is 0 Å². The molecule has 1 amide bonds. The number of carbonyl (C=O) groups excluding carboxylic acids is 2. The Morgan fingerprint density at radius 3 is 2.63 bits per heavy atom. The Bertz CT molecular complexity index is 1100. The Morgan fingerprint density at radius 2 is 2.00 bits per heavy atom. The lowest BCUT2D eigenvalue weighted by Gasteiger charge is -2.12. The Morgan fingerprint density at radius 1 is 1.26 bits per heavy atom. The van der Waals surface area contributed by atoms with Crippen LogP contribution in [0.1, 0.15) is 22.5 Å². The van der Waals surface area contributed by atoms with Crippen LogP contribution in [-0.2, 0) is 14.9 Å². The van der Waals surface area contributed by atoms with Gasteiger partial charge in [-0.25, -0.2) is 23.5 Å². The number of primary amides is 1. The molecule has 2 aromatic heterocycles. The summed E-state index contributed by atoms with van der Waals surface area (Å²) in [4.78, 5) is 31.4. The first-order valence-corrected chi connectivity index (χ1v) is 7.92. The number of carbonyl (C=O) groups is 2. The van der Waals surface area contributed by atoms with Gasteiger partial charge in [0.2, 0.25) is 11.8 Å². The molecule has 138 valence electrons. The summed E-state index contributed by atoms with van der Waals surface area (Å²) in [7, 11) is 1.24. The predicted molar refractivity (Wildman–Crippen MR) is 89.0 cm³/mol. The van der Waals surface area contributed by atoms with Crippen LogP contribution in [0.4, 0.5) is 8.78 Å². The van der Waals surface area contributed by atoms with Crippen molar-refractivity contribution < 1.29 is 27.5 Å². The molecule has 3 aromatic rings. The number of alkyl halides is 2. The molecule has 1 aliphatic rings. The molecule has 27 heavy (non-hydrogen) atoms. The fraction of sp³-hybridized carbons (Fsp3) is 0.222. The maximum absolute atomic E-state index is 13.8. The van der Waals surface area contributed by atoms with Gasteiger partial charge in [0.1, 0.15) is 16.6 Å². The zero-order valence-corrected chi connectivity index (χ0v) is 14.0. The number of halogens is 2. The third-order valence-corrected chi connectivity index (χ3v) is 4.69. The number of nitrogens with zero attached hydrogens (tertiary/aromatic N) is 2. The molecule has 0 spiro atoms. The minimum Gasteiger partial charge on any atom is -0.464 e. The number of ether oxygens (including phenoxy) is 1. The molecule has 4 rings (SSSR count). The number of methoxy groups -OCH3 is 1. The number of esters is 1. The lowest BCUT2D eigenvalue weighted by molar-refractivity contribution is -0.122. The quantitative estimate of drug-likeness (QED) is 0.704. The molecule has 7 nitrogen and oxygen atoms in total. The van der Waals surface area contributed by atoms with Gasteiger partial charge in [0, 0.05) is 18.2 Å². The summed E-state index contributed by atoms with van der Waals surface area (Å²) in [6.45, 7) is 0. The molecular weight excluding hydrogens is 360 g/mol. The number of benzene rings is 1. The predicted octanol–water partition coefficient (Wildman–Crippen LogP) is 2.44. The number of amides is 1. The highest BCUT2D eigenvalue weighted by Gasteiger charge is 2.76. The highest BCUT2D eigenvalue weighted by molar-refractivity contribution is 5.93. The van der Waals surface area contributed by atoms with Gasteiger partial charge in [0.25, 0.3) is 5.92 Å². The van der Waals surface area contributed by atoms with E-state index in [1.165, 1.54) is 37.6 Å². The number of fused-ring (bicyclic) bond motifs is 1. The average Bonchev–Trinajstić information content (AvgIpc) is 3.03. The smallest absolute Gasteiger partial charge is 0.356 e. The van der Waals surface area contributed by atoms with Crippen LogP contribution in [0, 0.1) is 0 Å². The summed E-state index contributed by atoms with van der Waals surface area (Å²) >= 11 is 0. The second-order valence-corrected chi connectivity index (χ2v) is 6.27. The zero-order valence-electron chi connectivity index (χ0n) is 14.0. The molecule has 1 aliphatic carbocycles. The molecule has 0 saturated heterocycles. The Hall–Kier alpha value is -3.36. The van der Waals surface area contributed by atoms with Crippen LogP contribution in [0.25, 0.3) is 22.6 Å². The fourth-order valence-corrected chi connectivity index (χ4v) is 3.11. The molecule has 1 unspecified atom stereocenters. The lowest BCUT2D eigenvalue weighted by atomic mass is 9.94. The molecular formula is C18H13F2N3O4. The summed E-state index contributed by atoms with van der Waals surface area (Å²) in [5.41, 5.74) is 4.49. The van der Waals surface area contributed by atoms with Crippen LogP contribution >= 0.6 is 0 Å². The summed E-state index contributed by atoms with van der Waals surface area (Å²) in [5.74, 6) is -4.70. The molecule has 0 radical (unpaired) electrons. The van der Waals surface area contributed by atoms with E-state index in [2.05, 4.69) is 14.7 Å². The van der Waals surface area contributed by atoms with Gasteiger partial charge in [-0.3, -0.25) is 4.79 Å². The van der Waals surface area contributed by atoms with E-state index < -0.39 is 29.6 Å². The number of oxazole rings is 1. The lowest BCUT2D eigenvalue weighted by Crippen LogP contribution is -2.33. The highest BCUT2D eigenvalue weighted by atomic mass is 19.3. The van der Waals surface area contributed by atoms with Crippen molar-refractivity contribution in [3.63, 3.8) is 0 Å². The van der Waals surface area contributed by atoms with Gasteiger partial charge >= 0.3 is 5.97 Å². The summed E-state index contributed by atoms with van der Waals surface area (Å²) < 4.78 is 37.9. The van der Waals surface area contributed by atoms with E-state index in [0.29, 0.717) is 16.7 Å². The van der Waals surface area contributed by atoms with E-state index >= 15 is 0 Å². The van der Waals surface area contributed by atoms with Crippen LogP contribution in [0.2, 0.25) is 0 Å². The first kappa shape index (κ1) is 17.1. The summed E-state index contributed by atoms with van der Waals surface area (Å²) in [6.07, 6.45) is 0.771. The molecule has 0 bridgehead atoms. The maximum atomic E-state index is 13.8. The van der Waals surface area contributed by atoms with Gasteiger partial charge < -0.3 is 14.9 Å². The van der Waals surface area contributed by atoms with Crippen LogP contribution < -0.4 is 5.73 Å². The monoisotopic (exact) mass is 373 g/mol. The van der Waals surface area contributed by atoms with E-state index in [9.17, 15) is 18.4 Å². The van der Waals surface area contributed by atoms with Gasteiger partial charge in [0.05, 0.1) is 7.11 Å². The van der Waals surface area contributed by atoms with Gasteiger partial charge in [-0.2, -0.15) is 0 Å². The van der Waals surface area contributed by atoms with E-state index in [1.807, 2.05) is 0 Å². The Balaban J connectivity index is 1.77. The fourth-order valence-electron chi connectivity index (χ4n) is 3.11. The molecule has 2 heterocycles. The van der Waals surface area contributed by atoms with Crippen molar-refractivity contribution in [2.45, 2.75) is 17.8 Å². The number of pyridine rings is 1. The van der Waals surface area contributed by atoms with E-state index in [4.69, 9.17) is 10.2 Å². The van der Waals surface area contributed by atoms with Crippen LogP contribution in [0.15, 0.2) is 40.9 Å². The van der Waals surface area contributed by atoms with Crippen molar-refractivity contribution in [3.05, 3.63) is 47.8 Å². The molecule has 1 atom stereocenters. The molecule has 1 fully saturated rings. The van der Waals surface area contributed by atoms with Crippen LogP contribution in [-0.4, -0.2) is 34.9 Å². The van der Waals surface area contributed by atoms with E-state index in [-0.39, 0.29) is 17.1 Å². The standard InChI is InChI=1S/C18H13F2N3O4/c1-26-15(24)12-6-9(4-5-22-12)14-23-11-7-10(2-3-13(11)27-14)17(16(21)25)8-18(17,19)20/h2-7H,8H2,1H3,(H2,21,25). The minimum absolute atomic E-state index is 0.0725. The SMILES string of the molecule is COC(=O)c1cc(-c2nc3cc(C4(C(N)=O)CC4(F)F)ccc3o2)ccn1. The number of aromatic nitrogens is 2. The van der Waals surface area contributed by atoms with Crippen molar-refractivity contribution in [2.24, 2.45) is 5.73 Å². The average molecular weight is 373 g/mol. The van der Waals surface area contributed by atoms with Gasteiger partial charge in [-0.1, -0.05) is 6.07 Å². The van der Waals surface area contributed by atoms with Gasteiger partial charge in [-0.15, -0.1) is 0 Å². The number of hydrogen-bond donors (Lipinski definition) is 1. The zero-order chi connectivity index (χ0) is 19.4. The Labute approximate surface area is 151 Å². The molecule has 1 saturated carbocycles. The topological polar surface area (TPSA) is 108 Å². The van der Waals surface area contributed by atoms with Crippen molar-refractivity contribution in [2.75, 3.05) is 7.11 Å². The normalized spacial score (nSPS) is 20.4. The van der Waals surface area contributed by atoms with E-state index in [1.54, 1.807) is 6.07 Å². The molecule has 2 N–H and O–H groups in total. The second kappa shape index (κ2) is 5.57. The molecule has 0 aliphatic heterocycles. The van der Waals surface area contributed by atoms with E-state index in [0.717, 1.165) is 0 Å². The Kier molecular flexibility index (Phi) is 3.52. The summed E-state index contributed by atoms with van der Waals surface area (Å²) in [6, 6.07) is 7.24. The van der Waals surface area contributed by atoms with Gasteiger partial charge in [-0.05, 0) is 29.8 Å². The maximum Gasteiger partial charge on any atom is 0.356 e. The van der Waals surface area contributed by atoms with Gasteiger partial charge in [0.15, 0.2) is 5.58 Å². The first-order chi connectivity index (χ1) is 12.8.